The van der Waals surface area contributed by atoms with Crippen molar-refractivity contribution < 1.29 is 4.79 Å². The SMILES string of the molecule is Cc1ccc(N2C(=O)C3Cc4c(ccc5ccccc45)C4CCCC2C34)cc1. The summed E-state index contributed by atoms with van der Waals surface area (Å²) in [5, 5.41) is 2.65. The van der Waals surface area contributed by atoms with Crippen LogP contribution in [0.15, 0.2) is 60.7 Å². The highest BCUT2D eigenvalue weighted by Crippen LogP contribution is 2.55. The first kappa shape index (κ1) is 16.4. The Morgan fingerprint density at radius 2 is 1.71 bits per heavy atom. The van der Waals surface area contributed by atoms with Crippen LogP contribution >= 0.6 is 0 Å². The van der Waals surface area contributed by atoms with Crippen LogP contribution in [0.2, 0.25) is 0 Å². The average molecular weight is 367 g/mol. The number of carbonyl (C=O) groups is 1. The van der Waals surface area contributed by atoms with E-state index < -0.39 is 0 Å². The second-order valence-corrected chi connectivity index (χ2v) is 8.89. The minimum atomic E-state index is 0.134. The number of anilines is 1. The van der Waals surface area contributed by atoms with Gasteiger partial charge >= 0.3 is 0 Å². The van der Waals surface area contributed by atoms with Gasteiger partial charge in [-0.1, -0.05) is 60.5 Å². The molecule has 2 aliphatic carbocycles. The van der Waals surface area contributed by atoms with E-state index in [9.17, 15) is 4.79 Å². The Hall–Kier alpha value is -2.61. The molecule has 140 valence electrons. The molecule has 6 rings (SSSR count). The van der Waals surface area contributed by atoms with Gasteiger partial charge in [-0.05, 0) is 72.1 Å². The Bertz CT molecular complexity index is 1080. The molecule has 0 radical (unpaired) electrons. The first-order chi connectivity index (χ1) is 13.7. The Labute approximate surface area is 166 Å². The zero-order valence-electron chi connectivity index (χ0n) is 16.3. The van der Waals surface area contributed by atoms with Gasteiger partial charge in [-0.2, -0.15) is 0 Å². The Kier molecular flexibility index (Phi) is 3.47. The molecule has 4 atom stereocenters. The van der Waals surface area contributed by atoms with E-state index in [2.05, 4.69) is 72.5 Å². The monoisotopic (exact) mass is 367 g/mol. The predicted molar refractivity (Wildman–Crippen MR) is 114 cm³/mol. The van der Waals surface area contributed by atoms with Gasteiger partial charge in [-0.15, -0.1) is 0 Å². The zero-order chi connectivity index (χ0) is 18.8. The van der Waals surface area contributed by atoms with E-state index in [1.54, 1.807) is 0 Å². The van der Waals surface area contributed by atoms with Gasteiger partial charge in [-0.3, -0.25) is 4.79 Å². The topological polar surface area (TPSA) is 20.3 Å². The molecular weight excluding hydrogens is 342 g/mol. The number of rotatable bonds is 1. The van der Waals surface area contributed by atoms with Crippen LogP contribution in [0.25, 0.3) is 10.8 Å². The Balaban J connectivity index is 1.49. The maximum absolute atomic E-state index is 13.6. The summed E-state index contributed by atoms with van der Waals surface area (Å²) in [7, 11) is 0. The second-order valence-electron chi connectivity index (χ2n) is 8.89. The molecule has 1 saturated heterocycles. The summed E-state index contributed by atoms with van der Waals surface area (Å²) in [6.45, 7) is 2.10. The lowest BCUT2D eigenvalue weighted by atomic mass is 9.62. The lowest BCUT2D eigenvalue weighted by molar-refractivity contribution is -0.121. The van der Waals surface area contributed by atoms with Gasteiger partial charge in [0.15, 0.2) is 0 Å². The molecule has 1 aliphatic heterocycles. The molecule has 2 nitrogen and oxygen atoms in total. The molecule has 3 aromatic rings. The standard InChI is InChI=1S/C26H25NO/c1-16-9-12-18(13-10-16)27-24-8-4-7-21-20-14-11-17-5-2-3-6-19(17)22(20)15-23(25(21)24)26(27)28/h2-3,5-6,9-14,21,23-25H,4,7-8,15H2,1H3. The molecule has 1 amide bonds. The molecular formula is C26H25NO. The smallest absolute Gasteiger partial charge is 0.231 e. The normalized spacial score (nSPS) is 28.3. The number of benzene rings is 3. The molecule has 2 heteroatoms. The minimum Gasteiger partial charge on any atom is -0.309 e. The van der Waals surface area contributed by atoms with Crippen molar-refractivity contribution in [3.05, 3.63) is 77.4 Å². The Morgan fingerprint density at radius 3 is 2.57 bits per heavy atom. The fourth-order valence-corrected chi connectivity index (χ4v) is 6.31. The van der Waals surface area contributed by atoms with E-state index in [-0.39, 0.29) is 5.92 Å². The maximum Gasteiger partial charge on any atom is 0.231 e. The quantitative estimate of drug-likeness (QED) is 0.547. The second kappa shape index (κ2) is 5.94. The van der Waals surface area contributed by atoms with Crippen LogP contribution in [0.1, 0.15) is 41.9 Å². The van der Waals surface area contributed by atoms with Gasteiger partial charge in [0, 0.05) is 17.6 Å². The maximum atomic E-state index is 13.6. The Morgan fingerprint density at radius 1 is 0.893 bits per heavy atom. The van der Waals surface area contributed by atoms with Crippen molar-refractivity contribution in [3.8, 4) is 0 Å². The molecule has 0 aromatic heterocycles. The molecule has 2 fully saturated rings. The van der Waals surface area contributed by atoms with Crippen LogP contribution in [-0.2, 0) is 11.2 Å². The third-order valence-electron chi connectivity index (χ3n) is 7.49. The van der Waals surface area contributed by atoms with E-state index in [1.165, 1.54) is 40.3 Å². The van der Waals surface area contributed by atoms with Gasteiger partial charge < -0.3 is 4.90 Å². The highest BCUT2D eigenvalue weighted by Gasteiger charge is 2.55. The molecule has 1 saturated carbocycles. The van der Waals surface area contributed by atoms with Gasteiger partial charge in [0.05, 0.1) is 0 Å². The average Bonchev–Trinajstić information content (AvgIpc) is 3.02. The van der Waals surface area contributed by atoms with E-state index in [1.807, 2.05) is 0 Å². The number of fused-ring (bicyclic) bond motifs is 4. The summed E-state index contributed by atoms with van der Waals surface area (Å²) < 4.78 is 0. The highest BCUT2D eigenvalue weighted by molar-refractivity contribution is 6.00. The zero-order valence-corrected chi connectivity index (χ0v) is 16.3. The fourth-order valence-electron chi connectivity index (χ4n) is 6.31. The van der Waals surface area contributed by atoms with Crippen LogP contribution < -0.4 is 4.90 Å². The number of carbonyl (C=O) groups excluding carboxylic acids is 1. The van der Waals surface area contributed by atoms with Crippen LogP contribution in [0.4, 0.5) is 5.69 Å². The van der Waals surface area contributed by atoms with E-state index in [4.69, 9.17) is 0 Å². The summed E-state index contributed by atoms with van der Waals surface area (Å²) >= 11 is 0. The molecule has 0 bridgehead atoms. The summed E-state index contributed by atoms with van der Waals surface area (Å²) in [4.78, 5) is 15.8. The van der Waals surface area contributed by atoms with Crippen molar-refractivity contribution >= 4 is 22.4 Å². The molecule has 28 heavy (non-hydrogen) atoms. The summed E-state index contributed by atoms with van der Waals surface area (Å²) in [6, 6.07) is 22.2. The molecule has 0 spiro atoms. The highest BCUT2D eigenvalue weighted by atomic mass is 16.2. The summed E-state index contributed by atoms with van der Waals surface area (Å²) in [5.74, 6) is 1.48. The molecule has 3 aromatic carbocycles. The number of aryl methyl sites for hydroxylation is 1. The van der Waals surface area contributed by atoms with Gasteiger partial charge in [0.25, 0.3) is 0 Å². The number of hydrogen-bond donors (Lipinski definition) is 0. The lowest BCUT2D eigenvalue weighted by Gasteiger charge is -2.42. The van der Waals surface area contributed by atoms with Crippen LogP contribution in [0.3, 0.4) is 0 Å². The first-order valence-corrected chi connectivity index (χ1v) is 10.6. The van der Waals surface area contributed by atoms with Crippen molar-refractivity contribution in [2.24, 2.45) is 11.8 Å². The van der Waals surface area contributed by atoms with E-state index in [0.717, 1.165) is 18.5 Å². The fraction of sp³-hybridized carbons (Fsp3) is 0.346. The van der Waals surface area contributed by atoms with Gasteiger partial charge in [0.2, 0.25) is 5.91 Å². The minimum absolute atomic E-state index is 0.134. The van der Waals surface area contributed by atoms with Gasteiger partial charge in [-0.25, -0.2) is 0 Å². The van der Waals surface area contributed by atoms with Crippen LogP contribution in [0.5, 0.6) is 0 Å². The third kappa shape index (κ3) is 2.18. The summed E-state index contributed by atoms with van der Waals surface area (Å²) in [6.07, 6.45) is 4.47. The van der Waals surface area contributed by atoms with Crippen molar-refractivity contribution in [1.29, 1.82) is 0 Å². The van der Waals surface area contributed by atoms with E-state index in [0.29, 0.717) is 23.8 Å². The molecule has 0 N–H and O–H groups in total. The molecule has 3 aliphatic rings. The van der Waals surface area contributed by atoms with Crippen LogP contribution in [-0.4, -0.2) is 11.9 Å². The van der Waals surface area contributed by atoms with Crippen LogP contribution in [0, 0.1) is 18.8 Å². The number of nitrogens with zero attached hydrogens (tertiary/aromatic N) is 1. The first-order valence-electron chi connectivity index (χ1n) is 10.6. The van der Waals surface area contributed by atoms with E-state index >= 15 is 0 Å². The largest absolute Gasteiger partial charge is 0.309 e. The predicted octanol–water partition coefficient (Wildman–Crippen LogP) is 5.62. The molecule has 4 unspecified atom stereocenters. The van der Waals surface area contributed by atoms with Crippen molar-refractivity contribution in [3.63, 3.8) is 0 Å². The van der Waals surface area contributed by atoms with Gasteiger partial charge in [0.1, 0.15) is 0 Å². The third-order valence-corrected chi connectivity index (χ3v) is 7.49. The lowest BCUT2D eigenvalue weighted by Crippen LogP contribution is -2.40. The number of hydrogen-bond acceptors (Lipinski definition) is 1. The number of amides is 1. The van der Waals surface area contributed by atoms with Crippen molar-refractivity contribution in [2.45, 2.75) is 44.6 Å². The van der Waals surface area contributed by atoms with Crippen molar-refractivity contribution in [1.82, 2.24) is 0 Å². The van der Waals surface area contributed by atoms with Crippen molar-refractivity contribution in [2.75, 3.05) is 4.90 Å². The molecule has 1 heterocycles. The summed E-state index contributed by atoms with van der Waals surface area (Å²) in [5.41, 5.74) is 5.28.